The molecular weight excluding hydrogens is 222 g/mol. The number of benzene rings is 1. The van der Waals surface area contributed by atoms with E-state index in [0.29, 0.717) is 18.0 Å². The van der Waals surface area contributed by atoms with Gasteiger partial charge in [-0.25, -0.2) is 8.78 Å². The second kappa shape index (κ2) is 5.00. The van der Waals surface area contributed by atoms with Crippen molar-refractivity contribution >= 4 is 5.69 Å². The van der Waals surface area contributed by atoms with Gasteiger partial charge in [0.15, 0.2) is 0 Å². The van der Waals surface area contributed by atoms with E-state index in [2.05, 4.69) is 5.32 Å². The van der Waals surface area contributed by atoms with Crippen molar-refractivity contribution in [1.82, 2.24) is 0 Å². The van der Waals surface area contributed by atoms with Crippen LogP contribution in [0, 0.1) is 24.5 Å². The molecule has 0 saturated heterocycles. The molecule has 2 nitrogen and oxygen atoms in total. The number of hydrogen-bond donors (Lipinski definition) is 2. The number of anilines is 1. The molecule has 1 aromatic rings. The quantitative estimate of drug-likeness (QED) is 0.852. The Balaban J connectivity index is 2.15. The summed E-state index contributed by atoms with van der Waals surface area (Å²) >= 11 is 0. The molecule has 1 aromatic carbocycles. The van der Waals surface area contributed by atoms with Crippen molar-refractivity contribution in [3.63, 3.8) is 0 Å². The van der Waals surface area contributed by atoms with Gasteiger partial charge in [-0.3, -0.25) is 0 Å². The van der Waals surface area contributed by atoms with E-state index >= 15 is 0 Å². The van der Waals surface area contributed by atoms with Crippen molar-refractivity contribution in [1.29, 1.82) is 0 Å². The third-order valence-electron chi connectivity index (χ3n) is 3.55. The van der Waals surface area contributed by atoms with E-state index in [-0.39, 0.29) is 17.5 Å². The third-order valence-corrected chi connectivity index (χ3v) is 3.55. The summed E-state index contributed by atoms with van der Waals surface area (Å²) in [5.41, 5.74) is 6.24. The van der Waals surface area contributed by atoms with E-state index in [4.69, 9.17) is 5.73 Å². The first-order chi connectivity index (χ1) is 8.11. The van der Waals surface area contributed by atoms with Crippen LogP contribution in [-0.4, -0.2) is 12.6 Å². The molecule has 1 saturated carbocycles. The predicted octanol–water partition coefficient (Wildman–Crippen LogP) is 2.81. The zero-order valence-electron chi connectivity index (χ0n) is 9.97. The van der Waals surface area contributed by atoms with Gasteiger partial charge in [-0.15, -0.1) is 0 Å². The summed E-state index contributed by atoms with van der Waals surface area (Å²) in [6.45, 7) is 2.15. The lowest BCUT2D eigenvalue weighted by molar-refractivity contribution is 0.511. The maximum absolute atomic E-state index is 13.7. The molecule has 3 N–H and O–H groups in total. The summed E-state index contributed by atoms with van der Waals surface area (Å²) < 4.78 is 27.0. The molecule has 1 fully saturated rings. The van der Waals surface area contributed by atoms with E-state index in [9.17, 15) is 8.78 Å². The number of nitrogens with two attached hydrogens (primary N) is 1. The summed E-state index contributed by atoms with van der Waals surface area (Å²) in [5.74, 6) is -0.415. The van der Waals surface area contributed by atoms with Crippen molar-refractivity contribution in [2.75, 3.05) is 11.9 Å². The highest BCUT2D eigenvalue weighted by Crippen LogP contribution is 2.29. The van der Waals surface area contributed by atoms with Gasteiger partial charge < -0.3 is 11.1 Å². The van der Waals surface area contributed by atoms with Crippen LogP contribution in [0.4, 0.5) is 14.5 Å². The Hall–Kier alpha value is -1.16. The predicted molar refractivity (Wildman–Crippen MR) is 64.9 cm³/mol. The van der Waals surface area contributed by atoms with Crippen LogP contribution in [-0.2, 0) is 0 Å². The van der Waals surface area contributed by atoms with Gasteiger partial charge >= 0.3 is 0 Å². The van der Waals surface area contributed by atoms with E-state index in [1.165, 1.54) is 12.1 Å². The number of aryl methyl sites for hydroxylation is 1. The monoisotopic (exact) mass is 240 g/mol. The first-order valence-electron chi connectivity index (χ1n) is 6.04. The van der Waals surface area contributed by atoms with Crippen LogP contribution < -0.4 is 11.1 Å². The largest absolute Gasteiger partial charge is 0.380 e. The van der Waals surface area contributed by atoms with Crippen molar-refractivity contribution < 1.29 is 8.78 Å². The molecule has 0 aliphatic heterocycles. The molecule has 0 aromatic heterocycles. The normalized spacial score (nSPS) is 24.0. The first kappa shape index (κ1) is 12.3. The molecule has 0 amide bonds. The van der Waals surface area contributed by atoms with Gasteiger partial charge in [0.25, 0.3) is 0 Å². The number of hydrogen-bond acceptors (Lipinski definition) is 2. The second-order valence-corrected chi connectivity index (χ2v) is 4.76. The molecule has 1 aliphatic carbocycles. The van der Waals surface area contributed by atoms with Crippen LogP contribution in [0.1, 0.15) is 24.8 Å². The van der Waals surface area contributed by atoms with Crippen molar-refractivity contribution in [2.24, 2.45) is 11.7 Å². The molecule has 4 heteroatoms. The van der Waals surface area contributed by atoms with Crippen LogP contribution >= 0.6 is 0 Å². The Kier molecular flexibility index (Phi) is 3.62. The SMILES string of the molecule is Cc1cc(F)c(NC2CCCC2CN)cc1F. The standard InChI is InChI=1S/C13H18F2N2/c1-8-5-11(15)13(6-10(8)14)17-12-4-2-3-9(12)7-16/h5-6,9,12,17H,2-4,7,16H2,1H3. The van der Waals surface area contributed by atoms with Crippen molar-refractivity contribution in [2.45, 2.75) is 32.2 Å². The van der Waals surface area contributed by atoms with Crippen LogP contribution in [0.3, 0.4) is 0 Å². The van der Waals surface area contributed by atoms with E-state index < -0.39 is 5.82 Å². The molecule has 2 atom stereocenters. The van der Waals surface area contributed by atoms with Gasteiger partial charge in [0.1, 0.15) is 11.6 Å². The Bertz CT molecular complexity index is 407. The molecule has 0 bridgehead atoms. The zero-order valence-corrected chi connectivity index (χ0v) is 9.97. The first-order valence-corrected chi connectivity index (χ1v) is 6.04. The van der Waals surface area contributed by atoms with Gasteiger partial charge in [-0.2, -0.15) is 0 Å². The van der Waals surface area contributed by atoms with Crippen LogP contribution in [0.25, 0.3) is 0 Å². The topological polar surface area (TPSA) is 38.0 Å². The second-order valence-electron chi connectivity index (χ2n) is 4.76. The van der Waals surface area contributed by atoms with Gasteiger partial charge in [0.2, 0.25) is 0 Å². The minimum atomic E-state index is -0.397. The Labute approximate surface area is 100 Å². The number of halogens is 2. The lowest BCUT2D eigenvalue weighted by Crippen LogP contribution is -2.29. The molecule has 0 spiro atoms. The molecule has 2 unspecified atom stereocenters. The molecule has 0 heterocycles. The molecular formula is C13H18F2N2. The fourth-order valence-corrected chi connectivity index (χ4v) is 2.47. The van der Waals surface area contributed by atoms with Crippen LogP contribution in [0.5, 0.6) is 0 Å². The highest BCUT2D eigenvalue weighted by molar-refractivity contribution is 5.48. The van der Waals surface area contributed by atoms with Gasteiger partial charge in [0, 0.05) is 12.1 Å². The lowest BCUT2D eigenvalue weighted by Gasteiger charge is -2.21. The number of nitrogens with one attached hydrogen (secondary N) is 1. The number of rotatable bonds is 3. The highest BCUT2D eigenvalue weighted by Gasteiger charge is 2.26. The molecule has 2 rings (SSSR count). The average Bonchev–Trinajstić information content (AvgIpc) is 2.73. The van der Waals surface area contributed by atoms with E-state index in [1.54, 1.807) is 6.92 Å². The minimum absolute atomic E-state index is 0.164. The van der Waals surface area contributed by atoms with Crippen LogP contribution in [0.15, 0.2) is 12.1 Å². The average molecular weight is 240 g/mol. The van der Waals surface area contributed by atoms with E-state index in [0.717, 1.165) is 19.3 Å². The van der Waals surface area contributed by atoms with Crippen LogP contribution in [0.2, 0.25) is 0 Å². The van der Waals surface area contributed by atoms with Crippen molar-refractivity contribution in [3.05, 3.63) is 29.3 Å². The van der Waals surface area contributed by atoms with Gasteiger partial charge in [-0.1, -0.05) is 6.42 Å². The Morgan fingerprint density at radius 2 is 2.06 bits per heavy atom. The fraction of sp³-hybridized carbons (Fsp3) is 0.538. The summed E-state index contributed by atoms with van der Waals surface area (Å²) in [6.07, 6.45) is 3.12. The Morgan fingerprint density at radius 3 is 2.76 bits per heavy atom. The maximum atomic E-state index is 13.7. The van der Waals surface area contributed by atoms with E-state index in [1.807, 2.05) is 0 Å². The molecule has 94 valence electrons. The molecule has 1 aliphatic rings. The van der Waals surface area contributed by atoms with Gasteiger partial charge in [0.05, 0.1) is 5.69 Å². The van der Waals surface area contributed by atoms with Crippen molar-refractivity contribution in [3.8, 4) is 0 Å². The summed E-state index contributed by atoms with van der Waals surface area (Å²) in [4.78, 5) is 0. The zero-order chi connectivity index (χ0) is 12.4. The Morgan fingerprint density at radius 1 is 1.29 bits per heavy atom. The smallest absolute Gasteiger partial charge is 0.146 e. The summed E-state index contributed by atoms with van der Waals surface area (Å²) in [7, 11) is 0. The maximum Gasteiger partial charge on any atom is 0.146 e. The minimum Gasteiger partial charge on any atom is -0.380 e. The summed E-state index contributed by atoms with van der Waals surface area (Å²) in [6, 6.07) is 2.62. The summed E-state index contributed by atoms with van der Waals surface area (Å²) in [5, 5.41) is 3.08. The fourth-order valence-electron chi connectivity index (χ4n) is 2.47. The highest BCUT2D eigenvalue weighted by atomic mass is 19.1. The molecule has 17 heavy (non-hydrogen) atoms. The van der Waals surface area contributed by atoms with Gasteiger partial charge in [-0.05, 0) is 43.9 Å². The lowest BCUT2D eigenvalue weighted by atomic mass is 10.0. The molecule has 0 radical (unpaired) electrons. The third kappa shape index (κ3) is 2.57.